The molecule has 0 aliphatic carbocycles. The van der Waals surface area contributed by atoms with E-state index in [1.165, 1.54) is 28.4 Å². The first-order valence-electron chi connectivity index (χ1n) is 6.84. The number of anilines is 1. The first-order chi connectivity index (χ1) is 10.1. The fraction of sp³-hybridized carbons (Fsp3) is 0.250. The van der Waals surface area contributed by atoms with Gasteiger partial charge in [0, 0.05) is 18.0 Å². The molecule has 0 saturated heterocycles. The number of carbonyl (C=O) groups is 1. The van der Waals surface area contributed by atoms with Crippen molar-refractivity contribution in [3.63, 3.8) is 0 Å². The smallest absolute Gasteiger partial charge is 0.251 e. The maximum absolute atomic E-state index is 14.0. The average molecular weight is 302 g/mol. The van der Waals surface area contributed by atoms with E-state index < -0.39 is 0 Å². The van der Waals surface area contributed by atoms with Crippen LogP contribution >= 0.6 is 11.3 Å². The fourth-order valence-corrected chi connectivity index (χ4v) is 3.11. The number of hydrogen-bond donors (Lipinski definition) is 0. The largest absolute Gasteiger partial charge is 0.306 e. The minimum atomic E-state index is -0.335. The standard InChI is InChI=1S/C16H15FN2OS/c1-11-18-13(10-21-11)7-8-15(20)19-9-3-5-12-4-2-6-14(17)16(12)19/h2,4,6-8,10H,3,5,9H2,1H3/b8-7+. The highest BCUT2D eigenvalue weighted by molar-refractivity contribution is 7.09. The van der Waals surface area contributed by atoms with Crippen molar-refractivity contribution in [2.45, 2.75) is 19.8 Å². The van der Waals surface area contributed by atoms with Crippen molar-refractivity contribution in [1.82, 2.24) is 4.98 Å². The number of fused-ring (bicyclic) bond motifs is 1. The van der Waals surface area contributed by atoms with Crippen LogP contribution in [0.2, 0.25) is 0 Å². The Morgan fingerprint density at radius 2 is 2.33 bits per heavy atom. The van der Waals surface area contributed by atoms with E-state index in [0.29, 0.717) is 12.2 Å². The van der Waals surface area contributed by atoms with E-state index >= 15 is 0 Å². The van der Waals surface area contributed by atoms with Crippen LogP contribution in [0.5, 0.6) is 0 Å². The number of hydrogen-bond acceptors (Lipinski definition) is 3. The van der Waals surface area contributed by atoms with Gasteiger partial charge in [0.05, 0.1) is 16.4 Å². The second-order valence-electron chi connectivity index (χ2n) is 4.97. The molecule has 0 N–H and O–H groups in total. The molecule has 0 unspecified atom stereocenters. The molecule has 21 heavy (non-hydrogen) atoms. The number of carbonyl (C=O) groups excluding carboxylic acids is 1. The third kappa shape index (κ3) is 2.88. The van der Waals surface area contributed by atoms with Gasteiger partial charge in [0.1, 0.15) is 5.82 Å². The van der Waals surface area contributed by atoms with E-state index in [4.69, 9.17) is 0 Å². The summed E-state index contributed by atoms with van der Waals surface area (Å²) in [6, 6.07) is 4.97. The van der Waals surface area contributed by atoms with Gasteiger partial charge >= 0.3 is 0 Å². The molecule has 0 radical (unpaired) electrons. The molecule has 0 atom stereocenters. The van der Waals surface area contributed by atoms with Crippen LogP contribution in [0.4, 0.5) is 10.1 Å². The quantitative estimate of drug-likeness (QED) is 0.794. The van der Waals surface area contributed by atoms with Gasteiger partial charge in [-0.1, -0.05) is 12.1 Å². The van der Waals surface area contributed by atoms with Crippen molar-refractivity contribution < 1.29 is 9.18 Å². The summed E-state index contributed by atoms with van der Waals surface area (Å²) in [6.45, 7) is 2.47. The number of aryl methyl sites for hydroxylation is 2. The van der Waals surface area contributed by atoms with Crippen molar-refractivity contribution in [1.29, 1.82) is 0 Å². The summed E-state index contributed by atoms with van der Waals surface area (Å²) < 4.78 is 14.0. The van der Waals surface area contributed by atoms with E-state index in [1.54, 1.807) is 12.1 Å². The van der Waals surface area contributed by atoms with Crippen molar-refractivity contribution in [3.8, 4) is 0 Å². The lowest BCUT2D eigenvalue weighted by atomic mass is 10.0. The molecule has 2 heterocycles. The minimum Gasteiger partial charge on any atom is -0.306 e. The Balaban J connectivity index is 1.85. The molecule has 108 valence electrons. The lowest BCUT2D eigenvalue weighted by Crippen LogP contribution is -2.35. The highest BCUT2D eigenvalue weighted by atomic mass is 32.1. The number of aromatic nitrogens is 1. The first kappa shape index (κ1) is 13.9. The zero-order valence-electron chi connectivity index (χ0n) is 11.7. The molecule has 0 bridgehead atoms. The molecule has 1 aliphatic rings. The van der Waals surface area contributed by atoms with Gasteiger partial charge in [-0.3, -0.25) is 4.79 Å². The van der Waals surface area contributed by atoms with E-state index in [-0.39, 0.29) is 11.7 Å². The molecule has 0 spiro atoms. The van der Waals surface area contributed by atoms with Crippen molar-refractivity contribution in [2.75, 3.05) is 11.4 Å². The lowest BCUT2D eigenvalue weighted by Gasteiger charge is -2.28. The second kappa shape index (κ2) is 5.77. The summed E-state index contributed by atoms with van der Waals surface area (Å²) in [7, 11) is 0. The van der Waals surface area contributed by atoms with Gasteiger partial charge in [0.25, 0.3) is 5.91 Å². The third-order valence-electron chi connectivity index (χ3n) is 3.47. The lowest BCUT2D eigenvalue weighted by molar-refractivity contribution is -0.114. The Hall–Kier alpha value is -2.01. The predicted octanol–water partition coefficient (Wildman–Crippen LogP) is 3.58. The number of para-hydroxylation sites is 1. The summed E-state index contributed by atoms with van der Waals surface area (Å²) in [6.07, 6.45) is 4.81. The monoisotopic (exact) mass is 302 g/mol. The maximum Gasteiger partial charge on any atom is 0.251 e. The van der Waals surface area contributed by atoms with Gasteiger partial charge in [-0.05, 0) is 37.5 Å². The Morgan fingerprint density at radius 3 is 3.10 bits per heavy atom. The van der Waals surface area contributed by atoms with E-state index in [1.807, 2.05) is 18.4 Å². The summed E-state index contributed by atoms with van der Waals surface area (Å²) in [5.74, 6) is -0.537. The third-order valence-corrected chi connectivity index (χ3v) is 4.26. The summed E-state index contributed by atoms with van der Waals surface area (Å²) in [5.41, 5.74) is 2.08. The molecule has 1 aromatic heterocycles. The molecular formula is C16H15FN2OS. The predicted molar refractivity (Wildman–Crippen MR) is 83.0 cm³/mol. The molecule has 1 amide bonds. The maximum atomic E-state index is 14.0. The Kier molecular flexibility index (Phi) is 3.84. The highest BCUT2D eigenvalue weighted by Crippen LogP contribution is 2.30. The van der Waals surface area contributed by atoms with Crippen molar-refractivity contribution >= 4 is 29.0 Å². The normalized spacial score (nSPS) is 14.5. The summed E-state index contributed by atoms with van der Waals surface area (Å²) in [4.78, 5) is 18.1. The van der Waals surface area contributed by atoms with Crippen LogP contribution in [0.15, 0.2) is 29.7 Å². The van der Waals surface area contributed by atoms with Gasteiger partial charge < -0.3 is 4.90 Å². The van der Waals surface area contributed by atoms with Crippen LogP contribution in [0, 0.1) is 12.7 Å². The number of halogens is 1. The first-order valence-corrected chi connectivity index (χ1v) is 7.72. The second-order valence-corrected chi connectivity index (χ2v) is 6.03. The summed E-state index contributed by atoms with van der Waals surface area (Å²) in [5, 5.41) is 2.85. The number of amides is 1. The number of benzene rings is 1. The highest BCUT2D eigenvalue weighted by Gasteiger charge is 2.24. The van der Waals surface area contributed by atoms with Crippen LogP contribution in [-0.2, 0) is 11.2 Å². The Morgan fingerprint density at radius 1 is 1.48 bits per heavy atom. The van der Waals surface area contributed by atoms with Gasteiger partial charge in [0.2, 0.25) is 0 Å². The molecule has 0 fully saturated rings. The zero-order valence-corrected chi connectivity index (χ0v) is 12.5. The SMILES string of the molecule is Cc1nc(/C=C/C(=O)N2CCCc3cccc(F)c32)cs1. The average Bonchev–Trinajstić information content (AvgIpc) is 2.90. The number of rotatable bonds is 2. The van der Waals surface area contributed by atoms with Crippen LogP contribution in [-0.4, -0.2) is 17.4 Å². The van der Waals surface area contributed by atoms with Gasteiger partial charge in [-0.2, -0.15) is 0 Å². The van der Waals surface area contributed by atoms with E-state index in [9.17, 15) is 9.18 Å². The molecule has 1 aliphatic heterocycles. The van der Waals surface area contributed by atoms with Gasteiger partial charge in [0.15, 0.2) is 0 Å². The fourth-order valence-electron chi connectivity index (χ4n) is 2.53. The van der Waals surface area contributed by atoms with Crippen LogP contribution < -0.4 is 4.90 Å². The molecule has 2 aromatic rings. The van der Waals surface area contributed by atoms with E-state index in [2.05, 4.69) is 4.98 Å². The molecule has 0 saturated carbocycles. The van der Waals surface area contributed by atoms with Gasteiger partial charge in [-0.25, -0.2) is 9.37 Å². The van der Waals surface area contributed by atoms with Crippen LogP contribution in [0.3, 0.4) is 0 Å². The Bertz CT molecular complexity index is 708. The Labute approximate surface area is 126 Å². The van der Waals surface area contributed by atoms with E-state index in [0.717, 1.165) is 29.1 Å². The molecule has 1 aromatic carbocycles. The topological polar surface area (TPSA) is 33.2 Å². The van der Waals surface area contributed by atoms with Gasteiger partial charge in [-0.15, -0.1) is 11.3 Å². The number of thiazole rings is 1. The molecule has 5 heteroatoms. The van der Waals surface area contributed by atoms with Crippen molar-refractivity contribution in [3.05, 3.63) is 51.7 Å². The molecule has 3 nitrogen and oxygen atoms in total. The molecular weight excluding hydrogens is 287 g/mol. The minimum absolute atomic E-state index is 0.202. The van der Waals surface area contributed by atoms with Crippen LogP contribution in [0.1, 0.15) is 22.7 Å². The van der Waals surface area contributed by atoms with Crippen molar-refractivity contribution in [2.24, 2.45) is 0 Å². The summed E-state index contributed by atoms with van der Waals surface area (Å²) >= 11 is 1.54. The molecule has 3 rings (SSSR count). The van der Waals surface area contributed by atoms with Crippen LogP contribution in [0.25, 0.3) is 6.08 Å². The number of nitrogens with zero attached hydrogens (tertiary/aromatic N) is 2. The zero-order chi connectivity index (χ0) is 14.8.